The number of rotatable bonds is 5. The van der Waals surface area contributed by atoms with Gasteiger partial charge in [0.15, 0.2) is 0 Å². The van der Waals surface area contributed by atoms with Crippen LogP contribution in [0.25, 0.3) is 0 Å². The van der Waals surface area contributed by atoms with Crippen LogP contribution < -0.4 is 16.0 Å². The van der Waals surface area contributed by atoms with Crippen LogP contribution in [-0.4, -0.2) is 18.5 Å². The topological polar surface area (TPSA) is 70.2 Å². The number of nitrogens with one attached hydrogen (secondary N) is 3. The van der Waals surface area contributed by atoms with Crippen molar-refractivity contribution in [3.63, 3.8) is 0 Å². The summed E-state index contributed by atoms with van der Waals surface area (Å²) in [4.78, 5) is 23.3. The maximum absolute atomic E-state index is 12.0. The van der Waals surface area contributed by atoms with Gasteiger partial charge in [0, 0.05) is 12.2 Å². The molecule has 0 saturated carbocycles. The minimum Gasteiger partial charge on any atom is -0.338 e. The summed E-state index contributed by atoms with van der Waals surface area (Å²) in [6.45, 7) is 2.54. The molecule has 0 fully saturated rings. The van der Waals surface area contributed by atoms with Gasteiger partial charge in [-0.3, -0.25) is 4.79 Å². The van der Waals surface area contributed by atoms with Gasteiger partial charge in [0.1, 0.15) is 0 Å². The smallest absolute Gasteiger partial charge is 0.315 e. The first-order valence-electron chi connectivity index (χ1n) is 7.60. The largest absolute Gasteiger partial charge is 0.338 e. The van der Waals surface area contributed by atoms with Crippen LogP contribution in [0, 0.1) is 0 Å². The van der Waals surface area contributed by atoms with Crippen molar-refractivity contribution in [3.05, 3.63) is 51.7 Å². The van der Waals surface area contributed by atoms with E-state index in [1.165, 1.54) is 5.56 Å². The van der Waals surface area contributed by atoms with Crippen molar-refractivity contribution in [3.8, 4) is 0 Å². The Labute approximate surface area is 139 Å². The molecule has 120 valence electrons. The molecule has 5 nitrogen and oxygen atoms in total. The van der Waals surface area contributed by atoms with Gasteiger partial charge >= 0.3 is 6.03 Å². The van der Waals surface area contributed by atoms with E-state index in [2.05, 4.69) is 27.4 Å². The SMILES string of the molecule is C[C@H](NC(=O)NCCc1ccsc1)c1ccc2c(c1)CC(=O)N2. The van der Waals surface area contributed by atoms with E-state index in [1.807, 2.05) is 30.5 Å². The van der Waals surface area contributed by atoms with Crippen LogP contribution in [0.4, 0.5) is 10.5 Å². The third-order valence-electron chi connectivity index (χ3n) is 3.88. The normalized spacial score (nSPS) is 14.0. The standard InChI is InChI=1S/C17H19N3O2S/c1-11(13-2-3-15-14(8-13)9-16(21)20-15)19-17(22)18-6-4-12-5-7-23-10-12/h2-3,5,7-8,10-11H,4,6,9H2,1H3,(H,20,21)(H2,18,19,22)/t11-/m0/s1. The molecule has 0 spiro atoms. The average molecular weight is 329 g/mol. The maximum Gasteiger partial charge on any atom is 0.315 e. The van der Waals surface area contributed by atoms with Crippen LogP contribution in [0.5, 0.6) is 0 Å². The third-order valence-corrected chi connectivity index (χ3v) is 4.61. The molecular formula is C17H19N3O2S. The summed E-state index contributed by atoms with van der Waals surface area (Å²) in [6, 6.07) is 7.57. The average Bonchev–Trinajstić information content (AvgIpc) is 3.14. The van der Waals surface area contributed by atoms with Gasteiger partial charge in [0.2, 0.25) is 5.91 Å². The second-order valence-electron chi connectivity index (χ2n) is 5.65. The lowest BCUT2D eigenvalue weighted by atomic mass is 10.0. The molecule has 23 heavy (non-hydrogen) atoms. The van der Waals surface area contributed by atoms with Crippen molar-refractivity contribution in [1.82, 2.24) is 10.6 Å². The minimum absolute atomic E-state index is 0.0175. The van der Waals surface area contributed by atoms with E-state index >= 15 is 0 Å². The van der Waals surface area contributed by atoms with Crippen LogP contribution in [0.2, 0.25) is 0 Å². The zero-order chi connectivity index (χ0) is 16.2. The summed E-state index contributed by atoms with van der Waals surface area (Å²) in [7, 11) is 0. The highest BCUT2D eigenvalue weighted by molar-refractivity contribution is 7.07. The van der Waals surface area contributed by atoms with E-state index in [0.29, 0.717) is 13.0 Å². The molecule has 1 aromatic heterocycles. The van der Waals surface area contributed by atoms with Gasteiger partial charge in [-0.2, -0.15) is 11.3 Å². The Bertz CT molecular complexity index is 713. The second kappa shape index (κ2) is 6.83. The van der Waals surface area contributed by atoms with Crippen LogP contribution in [0.3, 0.4) is 0 Å². The fourth-order valence-electron chi connectivity index (χ4n) is 2.60. The molecule has 0 bridgehead atoms. The predicted molar refractivity (Wildman–Crippen MR) is 91.7 cm³/mol. The zero-order valence-corrected chi connectivity index (χ0v) is 13.7. The molecule has 1 aliphatic rings. The summed E-state index contributed by atoms with van der Waals surface area (Å²) in [6.07, 6.45) is 1.24. The third kappa shape index (κ3) is 3.90. The molecule has 1 atom stereocenters. The first kappa shape index (κ1) is 15.6. The number of amides is 3. The Balaban J connectivity index is 1.50. The Hall–Kier alpha value is -2.34. The maximum atomic E-state index is 12.0. The quantitative estimate of drug-likeness (QED) is 0.789. The number of anilines is 1. The van der Waals surface area contributed by atoms with Crippen LogP contribution in [0.1, 0.15) is 29.7 Å². The second-order valence-corrected chi connectivity index (χ2v) is 6.43. The highest BCUT2D eigenvalue weighted by atomic mass is 32.1. The number of thiophene rings is 1. The van der Waals surface area contributed by atoms with Crippen molar-refractivity contribution in [2.75, 3.05) is 11.9 Å². The summed E-state index contributed by atoms with van der Waals surface area (Å²) >= 11 is 1.66. The minimum atomic E-state index is -0.178. The van der Waals surface area contributed by atoms with E-state index in [0.717, 1.165) is 23.2 Å². The van der Waals surface area contributed by atoms with Gasteiger partial charge in [-0.05, 0) is 52.9 Å². The highest BCUT2D eigenvalue weighted by Gasteiger charge is 2.19. The van der Waals surface area contributed by atoms with Crippen LogP contribution in [-0.2, 0) is 17.6 Å². The molecule has 3 amide bonds. The zero-order valence-electron chi connectivity index (χ0n) is 12.9. The molecule has 1 aromatic carbocycles. The van der Waals surface area contributed by atoms with Gasteiger partial charge in [0.25, 0.3) is 0 Å². The monoisotopic (exact) mass is 329 g/mol. The molecule has 6 heteroatoms. The summed E-state index contributed by atoms with van der Waals surface area (Å²) in [5.41, 5.74) is 4.08. The molecular weight excluding hydrogens is 310 g/mol. The van der Waals surface area contributed by atoms with E-state index < -0.39 is 0 Å². The number of carbonyl (C=O) groups excluding carboxylic acids is 2. The molecule has 0 unspecified atom stereocenters. The molecule has 3 rings (SSSR count). The first-order valence-corrected chi connectivity index (χ1v) is 8.54. The Morgan fingerprint density at radius 1 is 1.39 bits per heavy atom. The number of hydrogen-bond acceptors (Lipinski definition) is 3. The highest BCUT2D eigenvalue weighted by Crippen LogP contribution is 2.26. The molecule has 1 aliphatic heterocycles. The van der Waals surface area contributed by atoms with Gasteiger partial charge in [-0.15, -0.1) is 0 Å². The molecule has 0 radical (unpaired) electrons. The van der Waals surface area contributed by atoms with Crippen molar-refractivity contribution in [2.24, 2.45) is 0 Å². The van der Waals surface area contributed by atoms with Crippen molar-refractivity contribution in [1.29, 1.82) is 0 Å². The van der Waals surface area contributed by atoms with E-state index in [9.17, 15) is 9.59 Å². The first-order chi connectivity index (χ1) is 11.1. The summed E-state index contributed by atoms with van der Waals surface area (Å²) < 4.78 is 0. The van der Waals surface area contributed by atoms with E-state index in [-0.39, 0.29) is 18.0 Å². The Kier molecular flexibility index (Phi) is 4.62. The summed E-state index contributed by atoms with van der Waals surface area (Å²) in [5.74, 6) is 0.0175. The van der Waals surface area contributed by atoms with Crippen molar-refractivity contribution >= 4 is 29.0 Å². The van der Waals surface area contributed by atoms with Gasteiger partial charge in [0.05, 0.1) is 12.5 Å². The van der Waals surface area contributed by atoms with Gasteiger partial charge < -0.3 is 16.0 Å². The van der Waals surface area contributed by atoms with Gasteiger partial charge in [-0.25, -0.2) is 4.79 Å². The Morgan fingerprint density at radius 2 is 2.26 bits per heavy atom. The van der Waals surface area contributed by atoms with E-state index in [4.69, 9.17) is 0 Å². The molecule has 3 N–H and O–H groups in total. The summed E-state index contributed by atoms with van der Waals surface area (Å²) in [5, 5.41) is 12.7. The fourth-order valence-corrected chi connectivity index (χ4v) is 3.31. The number of benzene rings is 1. The number of fused-ring (bicyclic) bond motifs is 1. The lowest BCUT2D eigenvalue weighted by molar-refractivity contribution is -0.115. The van der Waals surface area contributed by atoms with Crippen molar-refractivity contribution in [2.45, 2.75) is 25.8 Å². The van der Waals surface area contributed by atoms with Crippen LogP contribution >= 0.6 is 11.3 Å². The van der Waals surface area contributed by atoms with E-state index in [1.54, 1.807) is 11.3 Å². The predicted octanol–water partition coefficient (Wildman–Crippen LogP) is 2.85. The molecule has 0 saturated heterocycles. The number of carbonyl (C=O) groups is 2. The molecule has 0 aliphatic carbocycles. The lowest BCUT2D eigenvalue weighted by Gasteiger charge is -2.16. The van der Waals surface area contributed by atoms with Gasteiger partial charge in [-0.1, -0.05) is 12.1 Å². The lowest BCUT2D eigenvalue weighted by Crippen LogP contribution is -2.38. The molecule has 2 aromatic rings. The fraction of sp³-hybridized carbons (Fsp3) is 0.294. The molecule has 2 heterocycles. The van der Waals surface area contributed by atoms with Crippen LogP contribution in [0.15, 0.2) is 35.0 Å². The van der Waals surface area contributed by atoms with Crippen molar-refractivity contribution < 1.29 is 9.59 Å². The number of hydrogen-bond donors (Lipinski definition) is 3. The Morgan fingerprint density at radius 3 is 3.04 bits per heavy atom. The number of urea groups is 1.